The molecular formula is C14H12ClN5. The van der Waals surface area contributed by atoms with Crippen LogP contribution >= 0.6 is 11.6 Å². The smallest absolute Gasteiger partial charge is 0.189 e. The van der Waals surface area contributed by atoms with Gasteiger partial charge in [-0.15, -0.1) is 5.10 Å². The van der Waals surface area contributed by atoms with Crippen molar-refractivity contribution < 1.29 is 0 Å². The molecule has 0 bridgehead atoms. The summed E-state index contributed by atoms with van der Waals surface area (Å²) >= 11 is 5.89. The molecule has 0 unspecified atom stereocenters. The third kappa shape index (κ3) is 2.23. The van der Waals surface area contributed by atoms with E-state index in [4.69, 9.17) is 17.3 Å². The van der Waals surface area contributed by atoms with Crippen LogP contribution in [0.1, 0.15) is 5.56 Å². The topological polar surface area (TPSA) is 69.6 Å². The van der Waals surface area contributed by atoms with E-state index in [9.17, 15) is 0 Å². The Kier molecular flexibility index (Phi) is 3.12. The van der Waals surface area contributed by atoms with Crippen molar-refractivity contribution in [3.8, 4) is 17.1 Å². The number of tetrazole rings is 1. The van der Waals surface area contributed by atoms with Crippen molar-refractivity contribution in [3.05, 3.63) is 53.1 Å². The van der Waals surface area contributed by atoms with E-state index >= 15 is 0 Å². The number of hydrogen-bond acceptors (Lipinski definition) is 4. The lowest BCUT2D eigenvalue weighted by Crippen LogP contribution is -2.01. The number of nitrogen functional groups attached to an aromatic ring is 1. The van der Waals surface area contributed by atoms with Crippen molar-refractivity contribution >= 4 is 17.3 Å². The second-order valence-corrected chi connectivity index (χ2v) is 4.92. The van der Waals surface area contributed by atoms with Gasteiger partial charge in [0, 0.05) is 16.3 Å². The van der Waals surface area contributed by atoms with Gasteiger partial charge < -0.3 is 5.73 Å². The van der Waals surface area contributed by atoms with Gasteiger partial charge in [-0.2, -0.15) is 4.68 Å². The molecule has 5 nitrogen and oxygen atoms in total. The van der Waals surface area contributed by atoms with Crippen molar-refractivity contribution in [2.75, 3.05) is 5.73 Å². The molecule has 0 saturated heterocycles. The van der Waals surface area contributed by atoms with Crippen LogP contribution in [-0.2, 0) is 0 Å². The average molecular weight is 286 g/mol. The molecule has 2 N–H and O–H groups in total. The summed E-state index contributed by atoms with van der Waals surface area (Å²) in [6.07, 6.45) is 0. The van der Waals surface area contributed by atoms with Gasteiger partial charge in [-0.1, -0.05) is 23.2 Å². The molecule has 6 heteroatoms. The first-order chi connectivity index (χ1) is 9.65. The number of aromatic nitrogens is 4. The minimum Gasteiger partial charge on any atom is -0.398 e. The fraction of sp³-hybridized carbons (Fsp3) is 0.0714. The Morgan fingerprint density at radius 2 is 1.85 bits per heavy atom. The van der Waals surface area contributed by atoms with Gasteiger partial charge in [0.25, 0.3) is 0 Å². The van der Waals surface area contributed by atoms with E-state index in [2.05, 4.69) is 15.5 Å². The largest absolute Gasteiger partial charge is 0.398 e. The lowest BCUT2D eigenvalue weighted by molar-refractivity contribution is 0.791. The van der Waals surface area contributed by atoms with Gasteiger partial charge in [-0.25, -0.2) is 0 Å². The number of hydrogen-bond donors (Lipinski definition) is 1. The van der Waals surface area contributed by atoms with E-state index in [-0.39, 0.29) is 0 Å². The summed E-state index contributed by atoms with van der Waals surface area (Å²) < 4.78 is 1.64. The highest BCUT2D eigenvalue weighted by molar-refractivity contribution is 6.30. The zero-order chi connectivity index (χ0) is 14.1. The first kappa shape index (κ1) is 12.6. The maximum Gasteiger partial charge on any atom is 0.189 e. The second-order valence-electron chi connectivity index (χ2n) is 4.48. The molecule has 1 aromatic heterocycles. The number of aryl methyl sites for hydroxylation is 1. The monoisotopic (exact) mass is 285 g/mol. The van der Waals surface area contributed by atoms with Gasteiger partial charge in [0.15, 0.2) is 5.82 Å². The van der Waals surface area contributed by atoms with Gasteiger partial charge in [0.1, 0.15) is 0 Å². The Labute approximate surface area is 121 Å². The van der Waals surface area contributed by atoms with Gasteiger partial charge in [0.05, 0.1) is 5.69 Å². The maximum absolute atomic E-state index is 6.02. The Bertz CT molecular complexity index is 749. The number of nitrogens with zero attached hydrogens (tertiary/aromatic N) is 4. The summed E-state index contributed by atoms with van der Waals surface area (Å²) in [5.74, 6) is 0.605. The standard InChI is InChI=1S/C14H12ClN5/c1-9-2-7-13(16)12(8-9)14-17-18-19-20(14)11-5-3-10(15)4-6-11/h2-8H,16H2,1H3. The molecule has 0 radical (unpaired) electrons. The number of benzene rings is 2. The van der Waals surface area contributed by atoms with E-state index in [1.807, 2.05) is 37.3 Å². The van der Waals surface area contributed by atoms with Gasteiger partial charge in [-0.05, 0) is 53.7 Å². The zero-order valence-corrected chi connectivity index (χ0v) is 11.5. The minimum atomic E-state index is 0.605. The normalized spacial score (nSPS) is 10.7. The summed E-state index contributed by atoms with van der Waals surface area (Å²) in [6.45, 7) is 2.00. The van der Waals surface area contributed by atoms with Crippen molar-refractivity contribution in [2.45, 2.75) is 6.92 Å². The van der Waals surface area contributed by atoms with E-state index in [1.54, 1.807) is 16.8 Å². The predicted octanol–water partition coefficient (Wildman–Crippen LogP) is 2.87. The van der Waals surface area contributed by atoms with Crippen LogP contribution < -0.4 is 5.73 Å². The Hall–Kier alpha value is -2.40. The molecule has 0 aliphatic carbocycles. The molecule has 2 aromatic carbocycles. The molecule has 1 heterocycles. The summed E-state index contributed by atoms with van der Waals surface area (Å²) in [4.78, 5) is 0. The summed E-state index contributed by atoms with van der Waals surface area (Å²) in [5, 5.41) is 12.5. The molecule has 0 saturated carbocycles. The Morgan fingerprint density at radius 1 is 1.10 bits per heavy atom. The maximum atomic E-state index is 6.02. The number of rotatable bonds is 2. The molecule has 0 spiro atoms. The molecule has 3 aromatic rings. The average Bonchev–Trinajstić information content (AvgIpc) is 2.91. The van der Waals surface area contributed by atoms with E-state index in [1.165, 1.54) is 0 Å². The quantitative estimate of drug-likeness (QED) is 0.735. The van der Waals surface area contributed by atoms with Crippen LogP contribution in [0.3, 0.4) is 0 Å². The van der Waals surface area contributed by atoms with Gasteiger partial charge in [-0.3, -0.25) is 0 Å². The zero-order valence-electron chi connectivity index (χ0n) is 10.8. The number of nitrogens with two attached hydrogens (primary N) is 1. The predicted molar refractivity (Wildman–Crippen MR) is 78.7 cm³/mol. The van der Waals surface area contributed by atoms with Crippen molar-refractivity contribution in [3.63, 3.8) is 0 Å². The van der Waals surface area contributed by atoms with Crippen LogP contribution in [0.2, 0.25) is 5.02 Å². The highest BCUT2D eigenvalue weighted by Gasteiger charge is 2.13. The summed E-state index contributed by atoms with van der Waals surface area (Å²) in [5.41, 5.74) is 9.40. The number of halogens is 1. The SMILES string of the molecule is Cc1ccc(N)c(-c2nnnn2-c2ccc(Cl)cc2)c1. The Balaban J connectivity index is 2.15. The third-order valence-corrected chi connectivity index (χ3v) is 3.24. The van der Waals surface area contributed by atoms with Crippen LogP contribution in [0.5, 0.6) is 0 Å². The number of anilines is 1. The van der Waals surface area contributed by atoms with Crippen molar-refractivity contribution in [1.82, 2.24) is 20.2 Å². The van der Waals surface area contributed by atoms with Crippen LogP contribution in [-0.4, -0.2) is 20.2 Å². The van der Waals surface area contributed by atoms with Crippen molar-refractivity contribution in [1.29, 1.82) is 0 Å². The Morgan fingerprint density at radius 3 is 2.60 bits per heavy atom. The third-order valence-electron chi connectivity index (χ3n) is 2.99. The molecule has 3 rings (SSSR count). The fourth-order valence-electron chi connectivity index (χ4n) is 1.98. The van der Waals surface area contributed by atoms with Crippen LogP contribution in [0.15, 0.2) is 42.5 Å². The molecule has 0 aliphatic rings. The second kappa shape index (κ2) is 4.94. The van der Waals surface area contributed by atoms with Gasteiger partial charge >= 0.3 is 0 Å². The lowest BCUT2D eigenvalue weighted by atomic mass is 10.1. The van der Waals surface area contributed by atoms with E-state index < -0.39 is 0 Å². The first-order valence-electron chi connectivity index (χ1n) is 6.06. The highest BCUT2D eigenvalue weighted by Crippen LogP contribution is 2.26. The summed E-state index contributed by atoms with van der Waals surface area (Å²) in [6, 6.07) is 13.1. The summed E-state index contributed by atoms with van der Waals surface area (Å²) in [7, 11) is 0. The molecule has 100 valence electrons. The molecule has 0 atom stereocenters. The lowest BCUT2D eigenvalue weighted by Gasteiger charge is -2.07. The molecule has 20 heavy (non-hydrogen) atoms. The van der Waals surface area contributed by atoms with Crippen LogP contribution in [0.4, 0.5) is 5.69 Å². The fourth-order valence-corrected chi connectivity index (χ4v) is 2.10. The highest BCUT2D eigenvalue weighted by atomic mass is 35.5. The molecular weight excluding hydrogens is 274 g/mol. The van der Waals surface area contributed by atoms with Crippen LogP contribution in [0.25, 0.3) is 17.1 Å². The molecule has 0 aliphatic heterocycles. The van der Waals surface area contributed by atoms with Gasteiger partial charge in [0.2, 0.25) is 0 Å². The first-order valence-corrected chi connectivity index (χ1v) is 6.44. The van der Waals surface area contributed by atoms with E-state index in [0.717, 1.165) is 16.8 Å². The minimum absolute atomic E-state index is 0.605. The van der Waals surface area contributed by atoms with Crippen LogP contribution in [0, 0.1) is 6.92 Å². The van der Waals surface area contributed by atoms with Crippen molar-refractivity contribution in [2.24, 2.45) is 0 Å². The molecule has 0 amide bonds. The molecule has 0 fully saturated rings. The van der Waals surface area contributed by atoms with E-state index in [0.29, 0.717) is 16.5 Å².